The molecule has 3 nitrogen and oxygen atoms in total. The van der Waals surface area contributed by atoms with Crippen molar-refractivity contribution in [2.24, 2.45) is 0 Å². The van der Waals surface area contributed by atoms with E-state index in [1.54, 1.807) is 0 Å². The van der Waals surface area contributed by atoms with Crippen molar-refractivity contribution >= 4 is 22.9 Å². The van der Waals surface area contributed by atoms with Crippen molar-refractivity contribution in [3.63, 3.8) is 0 Å². The van der Waals surface area contributed by atoms with Crippen LogP contribution in [0, 0.1) is 0 Å². The van der Waals surface area contributed by atoms with Gasteiger partial charge in [-0.15, -0.1) is 0 Å². The molecule has 0 aromatic heterocycles. The highest BCUT2D eigenvalue weighted by Crippen LogP contribution is 2.21. The second kappa shape index (κ2) is 12.4. The molecule has 0 bridgehead atoms. The maximum absolute atomic E-state index is 11.6. The van der Waals surface area contributed by atoms with Crippen LogP contribution in [0.2, 0.25) is 39.3 Å². The minimum atomic E-state index is -1.75. The number of hydrogen-bond acceptors (Lipinski definition) is 3. The Bertz CT molecular complexity index is 322. The Hall–Kier alpha value is 0.0238. The Morgan fingerprint density at radius 1 is 0.750 bits per heavy atom. The van der Waals surface area contributed by atoms with Crippen LogP contribution >= 0.6 is 0 Å². The van der Waals surface area contributed by atoms with Gasteiger partial charge < -0.3 is 13.6 Å². The van der Waals surface area contributed by atoms with E-state index in [4.69, 9.17) is 8.85 Å². The van der Waals surface area contributed by atoms with Gasteiger partial charge in [0.2, 0.25) is 0 Å². The average molecular weight is 375 g/mol. The van der Waals surface area contributed by atoms with Gasteiger partial charge in [-0.3, -0.25) is 0 Å². The van der Waals surface area contributed by atoms with Crippen LogP contribution in [0.25, 0.3) is 0 Å². The van der Waals surface area contributed by atoms with Crippen LogP contribution in [0.1, 0.15) is 64.7 Å². The summed E-state index contributed by atoms with van der Waals surface area (Å²) in [6.45, 7) is 15.2. The van der Waals surface area contributed by atoms with Gasteiger partial charge >= 0.3 is 0 Å². The third-order valence-electron chi connectivity index (χ3n) is 3.84. The normalized spacial score (nSPS) is 15.3. The van der Waals surface area contributed by atoms with Crippen molar-refractivity contribution in [3.8, 4) is 0 Å². The third-order valence-corrected chi connectivity index (χ3v) is 5.83. The lowest BCUT2D eigenvalue weighted by Gasteiger charge is -2.33. The van der Waals surface area contributed by atoms with Gasteiger partial charge in [0.15, 0.2) is 16.6 Å². The summed E-state index contributed by atoms with van der Waals surface area (Å²) in [4.78, 5) is 11.6. The lowest BCUT2D eigenvalue weighted by molar-refractivity contribution is -0.118. The zero-order valence-electron chi connectivity index (χ0n) is 17.3. The zero-order chi connectivity index (χ0) is 18.6. The number of hydrogen-bond donors (Lipinski definition) is 0. The van der Waals surface area contributed by atoms with Gasteiger partial charge in [-0.05, 0) is 45.7 Å². The molecule has 0 saturated carbocycles. The van der Waals surface area contributed by atoms with Crippen LogP contribution in [0.3, 0.4) is 0 Å². The molecule has 0 spiro atoms. The number of carbonyl (C=O) groups excluding carboxylic acids is 1. The molecule has 0 amide bonds. The molecular weight excluding hydrogens is 332 g/mol. The highest BCUT2D eigenvalue weighted by atomic mass is 28.4. The first-order valence-electron chi connectivity index (χ1n) is 9.90. The van der Waals surface area contributed by atoms with Gasteiger partial charge in [0.05, 0.1) is 6.10 Å². The summed E-state index contributed by atoms with van der Waals surface area (Å²) in [5.74, 6) is 0. The van der Waals surface area contributed by atoms with E-state index < -0.39 is 22.7 Å². The Labute approximate surface area is 153 Å². The molecule has 0 aliphatic heterocycles. The van der Waals surface area contributed by atoms with Crippen molar-refractivity contribution in [1.82, 2.24) is 0 Å². The van der Waals surface area contributed by atoms with Crippen molar-refractivity contribution < 1.29 is 13.6 Å². The predicted molar refractivity (Wildman–Crippen MR) is 110 cm³/mol. The molecule has 2 atom stereocenters. The van der Waals surface area contributed by atoms with Crippen LogP contribution in [0.5, 0.6) is 0 Å². The van der Waals surface area contributed by atoms with E-state index in [2.05, 4.69) is 46.2 Å². The van der Waals surface area contributed by atoms with Gasteiger partial charge in [-0.1, -0.05) is 58.3 Å². The monoisotopic (exact) mass is 374 g/mol. The summed E-state index contributed by atoms with van der Waals surface area (Å²) < 4.78 is 12.4. The fraction of sp³-hybridized carbons (Fsp3) is 0.947. The molecule has 0 N–H and O–H groups in total. The average Bonchev–Trinajstić information content (AvgIpc) is 2.44. The summed E-state index contributed by atoms with van der Waals surface area (Å²) >= 11 is 0. The summed E-state index contributed by atoms with van der Waals surface area (Å²) in [5, 5.41) is 0. The summed E-state index contributed by atoms with van der Waals surface area (Å²) in [6.07, 6.45) is 11.8. The maximum Gasteiger partial charge on any atom is 0.184 e. The number of rotatable bonds is 15. The van der Waals surface area contributed by atoms with E-state index >= 15 is 0 Å². The molecule has 0 aromatic carbocycles. The largest absolute Gasteiger partial charge is 0.412 e. The lowest BCUT2D eigenvalue weighted by Crippen LogP contribution is -2.45. The van der Waals surface area contributed by atoms with E-state index in [0.717, 1.165) is 19.1 Å². The highest BCUT2D eigenvalue weighted by molar-refractivity contribution is 6.70. The minimum Gasteiger partial charge on any atom is -0.412 e. The van der Waals surface area contributed by atoms with Crippen LogP contribution in [-0.2, 0) is 13.6 Å². The molecular formula is C19H42O3Si2. The third kappa shape index (κ3) is 14.4. The summed E-state index contributed by atoms with van der Waals surface area (Å²) in [7, 11) is -3.44. The van der Waals surface area contributed by atoms with Crippen LogP contribution < -0.4 is 0 Å². The molecule has 0 aromatic rings. The molecule has 0 aliphatic carbocycles. The Morgan fingerprint density at radius 2 is 1.21 bits per heavy atom. The molecule has 144 valence electrons. The number of unbranched alkanes of at least 4 members (excludes halogenated alkanes) is 7. The van der Waals surface area contributed by atoms with Crippen molar-refractivity contribution in [3.05, 3.63) is 0 Å². The Morgan fingerprint density at radius 3 is 1.62 bits per heavy atom. The van der Waals surface area contributed by atoms with Gasteiger partial charge in [0, 0.05) is 0 Å². The Balaban J connectivity index is 4.33. The fourth-order valence-corrected chi connectivity index (χ4v) is 5.01. The quantitative estimate of drug-likeness (QED) is 0.196. The van der Waals surface area contributed by atoms with E-state index in [0.29, 0.717) is 0 Å². The van der Waals surface area contributed by atoms with Crippen molar-refractivity contribution in [2.45, 2.75) is 116 Å². The molecule has 24 heavy (non-hydrogen) atoms. The van der Waals surface area contributed by atoms with Crippen molar-refractivity contribution in [2.75, 3.05) is 0 Å². The van der Waals surface area contributed by atoms with E-state index in [1.807, 2.05) is 0 Å². The highest BCUT2D eigenvalue weighted by Gasteiger charge is 2.31. The minimum absolute atomic E-state index is 0.0685. The fourth-order valence-electron chi connectivity index (χ4n) is 2.82. The van der Waals surface area contributed by atoms with Crippen LogP contribution in [0.4, 0.5) is 0 Å². The second-order valence-electron chi connectivity index (χ2n) is 8.86. The predicted octanol–water partition coefficient (Wildman–Crippen LogP) is 6.16. The van der Waals surface area contributed by atoms with E-state index in [1.165, 1.54) is 44.9 Å². The molecule has 0 fully saturated rings. The van der Waals surface area contributed by atoms with Gasteiger partial charge in [-0.25, -0.2) is 0 Å². The standard InChI is InChI=1S/C19H42O3Si2/c1-8-9-10-11-12-13-14-15-16-18(21-23(2,3)4)19(17-20)22-24(5,6)7/h17-19H,8-16H2,1-7H3/t18-,19-/m1/s1. The second-order valence-corrected chi connectivity index (χ2v) is 17.8. The molecule has 0 unspecified atom stereocenters. The lowest BCUT2D eigenvalue weighted by atomic mass is 10.0. The van der Waals surface area contributed by atoms with Gasteiger partial charge in [0.25, 0.3) is 0 Å². The van der Waals surface area contributed by atoms with E-state index in [-0.39, 0.29) is 6.10 Å². The molecule has 0 rings (SSSR count). The van der Waals surface area contributed by atoms with Crippen LogP contribution in [-0.4, -0.2) is 35.1 Å². The summed E-state index contributed by atoms with van der Waals surface area (Å²) in [6, 6.07) is 0. The van der Waals surface area contributed by atoms with Crippen molar-refractivity contribution in [1.29, 1.82) is 0 Å². The van der Waals surface area contributed by atoms with Crippen LogP contribution in [0.15, 0.2) is 0 Å². The first kappa shape index (κ1) is 24.0. The van der Waals surface area contributed by atoms with Gasteiger partial charge in [0.1, 0.15) is 12.4 Å². The SMILES string of the molecule is CCCCCCCCCC[C@@H](O[Si](C)(C)C)[C@@H](C=O)O[Si](C)(C)C. The molecule has 0 saturated heterocycles. The van der Waals surface area contributed by atoms with E-state index in [9.17, 15) is 4.79 Å². The molecule has 0 radical (unpaired) electrons. The number of aldehydes is 1. The number of carbonyl (C=O) groups is 1. The Kier molecular flexibility index (Phi) is 12.4. The smallest absolute Gasteiger partial charge is 0.184 e. The maximum atomic E-state index is 11.6. The molecule has 0 heterocycles. The first-order chi connectivity index (χ1) is 11.1. The zero-order valence-corrected chi connectivity index (χ0v) is 19.3. The topological polar surface area (TPSA) is 35.5 Å². The molecule has 5 heteroatoms. The van der Waals surface area contributed by atoms with Gasteiger partial charge in [-0.2, -0.15) is 0 Å². The molecule has 0 aliphatic rings. The summed E-state index contributed by atoms with van der Waals surface area (Å²) in [5.41, 5.74) is 0. The first-order valence-corrected chi connectivity index (χ1v) is 16.7.